The van der Waals surface area contributed by atoms with Gasteiger partial charge in [0.2, 0.25) is 5.91 Å². The SMILES string of the molecule is CC1(C(=O)N(Cc2ccco2)C2CC2)CCCN1. The Balaban J connectivity index is 1.75. The van der Waals surface area contributed by atoms with Crippen LogP contribution in [0.3, 0.4) is 0 Å². The van der Waals surface area contributed by atoms with E-state index in [1.807, 2.05) is 24.0 Å². The number of hydrogen-bond acceptors (Lipinski definition) is 3. The van der Waals surface area contributed by atoms with Crippen LogP contribution in [0.4, 0.5) is 0 Å². The van der Waals surface area contributed by atoms with E-state index in [0.29, 0.717) is 12.6 Å². The molecule has 2 aliphatic rings. The maximum atomic E-state index is 12.7. The topological polar surface area (TPSA) is 45.5 Å². The molecule has 2 heterocycles. The first kappa shape index (κ1) is 11.8. The van der Waals surface area contributed by atoms with Crippen LogP contribution in [0.15, 0.2) is 22.8 Å². The van der Waals surface area contributed by atoms with E-state index < -0.39 is 0 Å². The first-order valence-corrected chi connectivity index (χ1v) is 6.77. The van der Waals surface area contributed by atoms with Crippen molar-refractivity contribution in [1.82, 2.24) is 10.2 Å². The Hall–Kier alpha value is -1.29. The second-order valence-corrected chi connectivity index (χ2v) is 5.61. The van der Waals surface area contributed by atoms with Gasteiger partial charge in [-0.3, -0.25) is 4.79 Å². The fraction of sp³-hybridized carbons (Fsp3) is 0.643. The first-order valence-electron chi connectivity index (χ1n) is 6.77. The lowest BCUT2D eigenvalue weighted by Crippen LogP contribution is -2.53. The molecule has 0 aromatic carbocycles. The maximum absolute atomic E-state index is 12.7. The zero-order chi connectivity index (χ0) is 12.6. The molecule has 0 spiro atoms. The van der Waals surface area contributed by atoms with Crippen LogP contribution in [0.1, 0.15) is 38.4 Å². The van der Waals surface area contributed by atoms with E-state index in [-0.39, 0.29) is 11.4 Å². The van der Waals surface area contributed by atoms with Crippen molar-refractivity contribution in [3.05, 3.63) is 24.2 Å². The number of furan rings is 1. The standard InChI is InChI=1S/C14H20N2O2/c1-14(7-3-8-15-14)13(17)16(11-5-6-11)10-12-4-2-9-18-12/h2,4,9,11,15H,3,5-8,10H2,1H3. The number of amides is 1. The number of hydrogen-bond donors (Lipinski definition) is 1. The van der Waals surface area contributed by atoms with Gasteiger partial charge >= 0.3 is 0 Å². The number of nitrogens with zero attached hydrogens (tertiary/aromatic N) is 1. The van der Waals surface area contributed by atoms with Crippen LogP contribution in [-0.4, -0.2) is 28.9 Å². The predicted molar refractivity (Wildman–Crippen MR) is 67.9 cm³/mol. The molecule has 1 aromatic heterocycles. The number of carbonyl (C=O) groups is 1. The average Bonchev–Trinajstić information content (AvgIpc) is 2.89. The van der Waals surface area contributed by atoms with Crippen molar-refractivity contribution >= 4 is 5.91 Å². The van der Waals surface area contributed by atoms with Gasteiger partial charge in [-0.2, -0.15) is 0 Å². The molecule has 4 heteroatoms. The van der Waals surface area contributed by atoms with Crippen molar-refractivity contribution in [2.75, 3.05) is 6.54 Å². The third kappa shape index (κ3) is 2.17. The van der Waals surface area contributed by atoms with Gasteiger partial charge in [-0.15, -0.1) is 0 Å². The van der Waals surface area contributed by atoms with Crippen LogP contribution < -0.4 is 5.32 Å². The minimum Gasteiger partial charge on any atom is -0.467 e. The van der Waals surface area contributed by atoms with Crippen LogP contribution in [0.25, 0.3) is 0 Å². The molecule has 1 saturated carbocycles. The Kier molecular flexibility index (Phi) is 2.90. The Labute approximate surface area is 107 Å². The van der Waals surface area contributed by atoms with Gasteiger partial charge in [0.15, 0.2) is 0 Å². The maximum Gasteiger partial charge on any atom is 0.243 e. The van der Waals surface area contributed by atoms with Crippen molar-refractivity contribution in [2.24, 2.45) is 0 Å². The van der Waals surface area contributed by atoms with E-state index in [9.17, 15) is 4.79 Å². The zero-order valence-electron chi connectivity index (χ0n) is 10.8. The monoisotopic (exact) mass is 248 g/mol. The number of rotatable bonds is 4. The second-order valence-electron chi connectivity index (χ2n) is 5.61. The molecule has 1 aromatic rings. The summed E-state index contributed by atoms with van der Waals surface area (Å²) in [6.45, 7) is 3.58. The van der Waals surface area contributed by atoms with Gasteiger partial charge in [-0.05, 0) is 51.3 Å². The quantitative estimate of drug-likeness (QED) is 0.885. The molecule has 1 aliphatic heterocycles. The highest BCUT2D eigenvalue weighted by molar-refractivity contribution is 5.86. The third-order valence-electron chi connectivity index (χ3n) is 4.00. The zero-order valence-corrected chi connectivity index (χ0v) is 10.8. The molecule has 1 aliphatic carbocycles. The van der Waals surface area contributed by atoms with Crippen molar-refractivity contribution < 1.29 is 9.21 Å². The molecule has 98 valence electrons. The third-order valence-corrected chi connectivity index (χ3v) is 4.00. The highest BCUT2D eigenvalue weighted by atomic mass is 16.3. The normalized spacial score (nSPS) is 27.4. The van der Waals surface area contributed by atoms with E-state index in [1.165, 1.54) is 0 Å². The largest absolute Gasteiger partial charge is 0.467 e. The van der Waals surface area contributed by atoms with E-state index in [1.54, 1.807) is 6.26 Å². The van der Waals surface area contributed by atoms with Crippen molar-refractivity contribution in [1.29, 1.82) is 0 Å². The molecule has 2 fully saturated rings. The predicted octanol–water partition coefficient (Wildman–Crippen LogP) is 1.91. The van der Waals surface area contributed by atoms with Crippen LogP contribution in [-0.2, 0) is 11.3 Å². The highest BCUT2D eigenvalue weighted by Crippen LogP contribution is 2.32. The summed E-state index contributed by atoms with van der Waals surface area (Å²) in [5.74, 6) is 1.11. The highest BCUT2D eigenvalue weighted by Gasteiger charge is 2.43. The van der Waals surface area contributed by atoms with Gasteiger partial charge in [-0.25, -0.2) is 0 Å². The van der Waals surface area contributed by atoms with E-state index in [2.05, 4.69) is 5.32 Å². The molecule has 0 radical (unpaired) electrons. The summed E-state index contributed by atoms with van der Waals surface area (Å²) in [4.78, 5) is 14.7. The van der Waals surface area contributed by atoms with Crippen molar-refractivity contribution in [3.8, 4) is 0 Å². The van der Waals surface area contributed by atoms with Gasteiger partial charge < -0.3 is 14.6 Å². The van der Waals surface area contributed by atoms with Crippen LogP contribution in [0.5, 0.6) is 0 Å². The van der Waals surface area contributed by atoms with E-state index >= 15 is 0 Å². The molecule has 1 amide bonds. The van der Waals surface area contributed by atoms with Crippen LogP contribution >= 0.6 is 0 Å². The lowest BCUT2D eigenvalue weighted by atomic mass is 9.98. The van der Waals surface area contributed by atoms with Crippen LogP contribution in [0.2, 0.25) is 0 Å². The Bertz CT molecular complexity index is 417. The lowest BCUT2D eigenvalue weighted by molar-refractivity contribution is -0.138. The summed E-state index contributed by atoms with van der Waals surface area (Å²) >= 11 is 0. The Morgan fingerprint density at radius 1 is 1.61 bits per heavy atom. The van der Waals surface area contributed by atoms with Gasteiger partial charge in [0.1, 0.15) is 5.76 Å². The molecule has 4 nitrogen and oxygen atoms in total. The molecule has 0 bridgehead atoms. The van der Waals surface area contributed by atoms with E-state index in [0.717, 1.165) is 38.0 Å². The summed E-state index contributed by atoms with van der Waals surface area (Å²) in [6.07, 6.45) is 5.94. The van der Waals surface area contributed by atoms with Gasteiger partial charge in [0.05, 0.1) is 18.3 Å². The van der Waals surface area contributed by atoms with Crippen LogP contribution in [0, 0.1) is 0 Å². The molecule has 3 rings (SSSR count). The van der Waals surface area contributed by atoms with Crippen molar-refractivity contribution in [2.45, 2.75) is 50.7 Å². The Morgan fingerprint density at radius 3 is 3.00 bits per heavy atom. The van der Waals surface area contributed by atoms with Gasteiger partial charge in [0.25, 0.3) is 0 Å². The fourth-order valence-electron chi connectivity index (χ4n) is 2.72. The summed E-state index contributed by atoms with van der Waals surface area (Å²) in [7, 11) is 0. The Morgan fingerprint density at radius 2 is 2.44 bits per heavy atom. The smallest absolute Gasteiger partial charge is 0.243 e. The minimum atomic E-state index is -0.366. The molecule has 1 atom stereocenters. The minimum absolute atomic E-state index is 0.235. The summed E-state index contributed by atoms with van der Waals surface area (Å²) in [5, 5.41) is 3.35. The summed E-state index contributed by atoms with van der Waals surface area (Å²) in [6, 6.07) is 4.23. The summed E-state index contributed by atoms with van der Waals surface area (Å²) < 4.78 is 5.37. The van der Waals surface area contributed by atoms with Crippen molar-refractivity contribution in [3.63, 3.8) is 0 Å². The van der Waals surface area contributed by atoms with Gasteiger partial charge in [-0.1, -0.05) is 0 Å². The average molecular weight is 248 g/mol. The number of nitrogens with one attached hydrogen (secondary N) is 1. The lowest BCUT2D eigenvalue weighted by Gasteiger charge is -2.31. The molecular weight excluding hydrogens is 228 g/mol. The van der Waals surface area contributed by atoms with E-state index in [4.69, 9.17) is 4.42 Å². The first-order chi connectivity index (χ1) is 8.69. The van der Waals surface area contributed by atoms with Gasteiger partial charge in [0, 0.05) is 6.04 Å². The fourth-order valence-corrected chi connectivity index (χ4v) is 2.72. The molecular formula is C14H20N2O2. The molecule has 18 heavy (non-hydrogen) atoms. The molecule has 1 unspecified atom stereocenters. The molecule has 1 N–H and O–H groups in total. The number of carbonyl (C=O) groups excluding carboxylic acids is 1. The second kappa shape index (κ2) is 4.43. The summed E-state index contributed by atoms with van der Waals surface area (Å²) in [5.41, 5.74) is -0.366. The molecule has 1 saturated heterocycles.